The Morgan fingerprint density at radius 3 is 2.68 bits per heavy atom. The SMILES string of the molecule is C=CCN(CC=C)C[C@@](C)(O)CNc1cc(OC)cc2cccnc12. The van der Waals surface area contributed by atoms with Crippen LogP contribution >= 0.6 is 0 Å². The van der Waals surface area contributed by atoms with Crippen LogP contribution in [0.1, 0.15) is 6.92 Å². The maximum absolute atomic E-state index is 10.8. The second-order valence-corrected chi connectivity index (χ2v) is 6.37. The number of hydrogen-bond acceptors (Lipinski definition) is 5. The molecule has 1 atom stereocenters. The molecule has 0 aliphatic rings. The smallest absolute Gasteiger partial charge is 0.121 e. The van der Waals surface area contributed by atoms with Crippen LogP contribution in [0.25, 0.3) is 10.9 Å². The van der Waals surface area contributed by atoms with Gasteiger partial charge < -0.3 is 15.2 Å². The van der Waals surface area contributed by atoms with E-state index in [1.807, 2.05) is 43.3 Å². The summed E-state index contributed by atoms with van der Waals surface area (Å²) in [7, 11) is 1.64. The van der Waals surface area contributed by atoms with Gasteiger partial charge in [-0.1, -0.05) is 18.2 Å². The minimum absolute atomic E-state index is 0.386. The normalized spacial score (nSPS) is 13.4. The zero-order valence-electron chi connectivity index (χ0n) is 15.0. The molecule has 0 aliphatic heterocycles. The summed E-state index contributed by atoms with van der Waals surface area (Å²) in [5.74, 6) is 0.752. The highest BCUT2D eigenvalue weighted by molar-refractivity contribution is 5.91. The van der Waals surface area contributed by atoms with Gasteiger partial charge in [-0.2, -0.15) is 0 Å². The molecule has 25 heavy (non-hydrogen) atoms. The van der Waals surface area contributed by atoms with E-state index in [2.05, 4.69) is 28.4 Å². The van der Waals surface area contributed by atoms with Gasteiger partial charge in [-0.15, -0.1) is 13.2 Å². The van der Waals surface area contributed by atoms with E-state index in [4.69, 9.17) is 4.74 Å². The Bertz CT molecular complexity index is 718. The zero-order chi connectivity index (χ0) is 18.3. The van der Waals surface area contributed by atoms with Crippen LogP contribution in [-0.2, 0) is 0 Å². The molecule has 0 unspecified atom stereocenters. The Hall–Kier alpha value is -2.37. The summed E-state index contributed by atoms with van der Waals surface area (Å²) in [5.41, 5.74) is 0.776. The van der Waals surface area contributed by atoms with E-state index in [0.29, 0.717) is 26.2 Å². The predicted molar refractivity (Wildman–Crippen MR) is 104 cm³/mol. The molecule has 1 aromatic carbocycles. The summed E-state index contributed by atoms with van der Waals surface area (Å²) in [6.45, 7) is 11.6. The van der Waals surface area contributed by atoms with Gasteiger partial charge in [0, 0.05) is 43.8 Å². The lowest BCUT2D eigenvalue weighted by atomic mass is 10.1. The number of aromatic nitrogens is 1. The second-order valence-electron chi connectivity index (χ2n) is 6.37. The second kappa shape index (κ2) is 8.65. The van der Waals surface area contributed by atoms with Crippen molar-refractivity contribution < 1.29 is 9.84 Å². The van der Waals surface area contributed by atoms with E-state index in [-0.39, 0.29) is 0 Å². The van der Waals surface area contributed by atoms with Crippen molar-refractivity contribution in [2.24, 2.45) is 0 Å². The van der Waals surface area contributed by atoms with Crippen molar-refractivity contribution in [2.75, 3.05) is 38.6 Å². The van der Waals surface area contributed by atoms with Gasteiger partial charge >= 0.3 is 0 Å². The van der Waals surface area contributed by atoms with Crippen molar-refractivity contribution in [3.05, 3.63) is 55.8 Å². The van der Waals surface area contributed by atoms with Crippen LogP contribution in [0.5, 0.6) is 5.75 Å². The molecule has 0 aliphatic carbocycles. The Balaban J connectivity index is 2.15. The van der Waals surface area contributed by atoms with Gasteiger partial charge in [0.2, 0.25) is 0 Å². The largest absolute Gasteiger partial charge is 0.497 e. The summed E-state index contributed by atoms with van der Waals surface area (Å²) < 4.78 is 5.36. The first-order valence-electron chi connectivity index (χ1n) is 8.32. The Morgan fingerprint density at radius 2 is 2.04 bits per heavy atom. The van der Waals surface area contributed by atoms with Crippen LogP contribution in [0.15, 0.2) is 55.8 Å². The van der Waals surface area contributed by atoms with Crippen molar-refractivity contribution in [1.29, 1.82) is 0 Å². The van der Waals surface area contributed by atoms with E-state index in [1.165, 1.54) is 0 Å². The molecule has 0 bridgehead atoms. The molecule has 2 aromatic rings. The summed E-state index contributed by atoms with van der Waals surface area (Å²) in [4.78, 5) is 6.53. The van der Waals surface area contributed by atoms with Gasteiger partial charge in [0.1, 0.15) is 5.75 Å². The van der Waals surface area contributed by atoms with E-state index < -0.39 is 5.60 Å². The van der Waals surface area contributed by atoms with Crippen LogP contribution in [0.4, 0.5) is 5.69 Å². The number of fused-ring (bicyclic) bond motifs is 1. The maximum Gasteiger partial charge on any atom is 0.121 e. The summed E-state index contributed by atoms with van der Waals surface area (Å²) in [5, 5.41) is 15.1. The number of benzene rings is 1. The van der Waals surface area contributed by atoms with Crippen LogP contribution < -0.4 is 10.1 Å². The molecule has 5 nitrogen and oxygen atoms in total. The number of nitrogens with one attached hydrogen (secondary N) is 1. The van der Waals surface area contributed by atoms with Crippen LogP contribution in [0.3, 0.4) is 0 Å². The number of rotatable bonds is 10. The number of nitrogens with zero attached hydrogens (tertiary/aromatic N) is 2. The average Bonchev–Trinajstić information content (AvgIpc) is 2.59. The molecule has 0 spiro atoms. The maximum atomic E-state index is 10.8. The van der Waals surface area contributed by atoms with Gasteiger partial charge in [-0.05, 0) is 19.1 Å². The van der Waals surface area contributed by atoms with Crippen LogP contribution in [-0.4, -0.2) is 53.9 Å². The van der Waals surface area contributed by atoms with Crippen molar-refractivity contribution in [3.63, 3.8) is 0 Å². The van der Waals surface area contributed by atoms with Gasteiger partial charge in [0.25, 0.3) is 0 Å². The first-order chi connectivity index (χ1) is 12.0. The quantitative estimate of drug-likeness (QED) is 0.651. The average molecular weight is 341 g/mol. The molecule has 1 aromatic heterocycles. The Kier molecular flexibility index (Phi) is 6.56. The third-order valence-corrected chi connectivity index (χ3v) is 3.91. The summed E-state index contributed by atoms with van der Waals surface area (Å²) in [6, 6.07) is 7.73. The topological polar surface area (TPSA) is 57.6 Å². The highest BCUT2D eigenvalue weighted by Gasteiger charge is 2.23. The summed E-state index contributed by atoms with van der Waals surface area (Å²) >= 11 is 0. The number of methoxy groups -OCH3 is 1. The number of aliphatic hydroxyl groups is 1. The number of pyridine rings is 1. The van der Waals surface area contributed by atoms with Gasteiger partial charge in [-0.25, -0.2) is 0 Å². The fraction of sp³-hybridized carbons (Fsp3) is 0.350. The molecule has 2 N–H and O–H groups in total. The summed E-state index contributed by atoms with van der Waals surface area (Å²) in [6.07, 6.45) is 5.41. The monoisotopic (exact) mass is 341 g/mol. The van der Waals surface area contributed by atoms with E-state index in [9.17, 15) is 5.11 Å². The van der Waals surface area contributed by atoms with E-state index >= 15 is 0 Å². The number of ether oxygens (including phenoxy) is 1. The lowest BCUT2D eigenvalue weighted by Gasteiger charge is -2.31. The lowest BCUT2D eigenvalue weighted by Crippen LogP contribution is -2.45. The van der Waals surface area contributed by atoms with Gasteiger partial charge in [0.05, 0.1) is 23.9 Å². The fourth-order valence-electron chi connectivity index (χ4n) is 2.81. The molecule has 0 radical (unpaired) electrons. The minimum atomic E-state index is -0.920. The molecule has 0 saturated carbocycles. The molecule has 1 heterocycles. The first-order valence-corrected chi connectivity index (χ1v) is 8.32. The van der Waals surface area contributed by atoms with E-state index in [1.54, 1.807) is 13.3 Å². The molecule has 2 rings (SSSR count). The van der Waals surface area contributed by atoms with Crippen molar-refractivity contribution >= 4 is 16.6 Å². The number of anilines is 1. The molecule has 0 saturated heterocycles. The predicted octanol–water partition coefficient (Wildman–Crippen LogP) is 3.08. The third kappa shape index (κ3) is 5.31. The first kappa shape index (κ1) is 19.0. The highest BCUT2D eigenvalue weighted by Crippen LogP contribution is 2.28. The molecule has 0 fully saturated rings. The third-order valence-electron chi connectivity index (χ3n) is 3.91. The highest BCUT2D eigenvalue weighted by atomic mass is 16.5. The minimum Gasteiger partial charge on any atom is -0.497 e. The number of hydrogen-bond donors (Lipinski definition) is 2. The molecular formula is C20H27N3O2. The molecule has 5 heteroatoms. The van der Waals surface area contributed by atoms with Crippen molar-refractivity contribution in [3.8, 4) is 5.75 Å². The van der Waals surface area contributed by atoms with Crippen molar-refractivity contribution in [2.45, 2.75) is 12.5 Å². The van der Waals surface area contributed by atoms with E-state index in [0.717, 1.165) is 22.3 Å². The molecule has 134 valence electrons. The Morgan fingerprint density at radius 1 is 1.32 bits per heavy atom. The fourth-order valence-corrected chi connectivity index (χ4v) is 2.81. The molecular weight excluding hydrogens is 314 g/mol. The van der Waals surface area contributed by atoms with Crippen LogP contribution in [0.2, 0.25) is 0 Å². The standard InChI is InChI=1S/C20H27N3O2/c1-5-10-23(11-6-2)15-20(3,24)14-22-18-13-17(25-4)12-16-8-7-9-21-19(16)18/h5-9,12-13,22,24H,1-2,10-11,14-15H2,3-4H3/t20-/m0/s1. The zero-order valence-corrected chi connectivity index (χ0v) is 15.0. The Labute approximate surface area is 149 Å². The lowest BCUT2D eigenvalue weighted by molar-refractivity contribution is 0.0380. The van der Waals surface area contributed by atoms with Gasteiger partial charge in [0.15, 0.2) is 0 Å². The van der Waals surface area contributed by atoms with Gasteiger partial charge in [-0.3, -0.25) is 9.88 Å². The van der Waals surface area contributed by atoms with Crippen molar-refractivity contribution in [1.82, 2.24) is 9.88 Å². The van der Waals surface area contributed by atoms with Crippen LogP contribution in [0, 0.1) is 0 Å². The molecule has 0 amide bonds.